The number of halogens is 1. The van der Waals surface area contributed by atoms with Gasteiger partial charge in [-0.2, -0.15) is 0 Å². The van der Waals surface area contributed by atoms with Crippen LogP contribution in [0.1, 0.15) is 45.1 Å². The highest BCUT2D eigenvalue weighted by molar-refractivity contribution is 9.10. The summed E-state index contributed by atoms with van der Waals surface area (Å²) in [4.78, 5) is 0. The van der Waals surface area contributed by atoms with E-state index in [9.17, 15) is 0 Å². The Labute approximate surface area is 125 Å². The Morgan fingerprint density at radius 1 is 1.37 bits per heavy atom. The fourth-order valence-corrected chi connectivity index (χ4v) is 3.09. The van der Waals surface area contributed by atoms with Gasteiger partial charge in [0.1, 0.15) is 5.75 Å². The van der Waals surface area contributed by atoms with E-state index in [-0.39, 0.29) is 0 Å². The van der Waals surface area contributed by atoms with Crippen molar-refractivity contribution in [2.24, 2.45) is 5.92 Å². The van der Waals surface area contributed by atoms with Crippen LogP contribution in [0.4, 0.5) is 0 Å². The first-order valence-corrected chi connectivity index (χ1v) is 8.13. The SMILES string of the molecule is CCCOc1ccc(Br)cc1CNC1CCC(C)C1. The van der Waals surface area contributed by atoms with Crippen molar-refractivity contribution in [3.05, 3.63) is 28.2 Å². The van der Waals surface area contributed by atoms with Crippen molar-refractivity contribution in [1.29, 1.82) is 0 Å². The second-order valence-electron chi connectivity index (χ2n) is 5.60. The van der Waals surface area contributed by atoms with Crippen molar-refractivity contribution in [1.82, 2.24) is 5.32 Å². The molecule has 1 fully saturated rings. The maximum absolute atomic E-state index is 5.82. The average molecular weight is 326 g/mol. The van der Waals surface area contributed by atoms with Crippen LogP contribution in [0, 0.1) is 5.92 Å². The van der Waals surface area contributed by atoms with Crippen LogP contribution >= 0.6 is 15.9 Å². The normalized spacial score (nSPS) is 22.7. The van der Waals surface area contributed by atoms with Gasteiger partial charge in [-0.3, -0.25) is 0 Å². The van der Waals surface area contributed by atoms with Crippen LogP contribution in [0.5, 0.6) is 5.75 Å². The summed E-state index contributed by atoms with van der Waals surface area (Å²) in [5.41, 5.74) is 1.25. The highest BCUT2D eigenvalue weighted by Crippen LogP contribution is 2.27. The number of benzene rings is 1. The zero-order valence-corrected chi connectivity index (χ0v) is 13.5. The summed E-state index contributed by atoms with van der Waals surface area (Å²) < 4.78 is 6.94. The summed E-state index contributed by atoms with van der Waals surface area (Å²) in [5, 5.41) is 3.67. The van der Waals surface area contributed by atoms with E-state index in [4.69, 9.17) is 4.74 Å². The van der Waals surface area contributed by atoms with Crippen LogP contribution in [-0.2, 0) is 6.54 Å². The molecule has 19 heavy (non-hydrogen) atoms. The molecule has 1 saturated carbocycles. The first-order chi connectivity index (χ1) is 9.19. The number of rotatable bonds is 6. The molecule has 3 heteroatoms. The second kappa shape index (κ2) is 7.30. The predicted octanol–water partition coefficient (Wildman–Crippen LogP) is 4.52. The molecule has 1 aliphatic carbocycles. The number of nitrogens with one attached hydrogen (secondary N) is 1. The molecular weight excluding hydrogens is 302 g/mol. The minimum Gasteiger partial charge on any atom is -0.493 e. The lowest BCUT2D eigenvalue weighted by Gasteiger charge is -2.16. The summed E-state index contributed by atoms with van der Waals surface area (Å²) in [6, 6.07) is 6.95. The first kappa shape index (κ1) is 14.9. The molecule has 0 bridgehead atoms. The Morgan fingerprint density at radius 3 is 2.89 bits per heavy atom. The van der Waals surface area contributed by atoms with Crippen molar-refractivity contribution < 1.29 is 4.74 Å². The van der Waals surface area contributed by atoms with Gasteiger partial charge in [-0.25, -0.2) is 0 Å². The molecule has 0 aliphatic heterocycles. The molecule has 2 nitrogen and oxygen atoms in total. The second-order valence-corrected chi connectivity index (χ2v) is 6.51. The number of hydrogen-bond acceptors (Lipinski definition) is 2. The fraction of sp³-hybridized carbons (Fsp3) is 0.625. The van der Waals surface area contributed by atoms with Gasteiger partial charge in [-0.15, -0.1) is 0 Å². The van der Waals surface area contributed by atoms with E-state index in [0.29, 0.717) is 6.04 Å². The smallest absolute Gasteiger partial charge is 0.123 e. The molecule has 0 radical (unpaired) electrons. The molecule has 2 rings (SSSR count). The third kappa shape index (κ3) is 4.50. The van der Waals surface area contributed by atoms with Crippen molar-refractivity contribution >= 4 is 15.9 Å². The van der Waals surface area contributed by atoms with Gasteiger partial charge in [0, 0.05) is 22.6 Å². The van der Waals surface area contributed by atoms with E-state index in [1.807, 2.05) is 6.07 Å². The number of hydrogen-bond donors (Lipinski definition) is 1. The first-order valence-electron chi connectivity index (χ1n) is 7.33. The third-order valence-electron chi connectivity index (χ3n) is 3.76. The Morgan fingerprint density at radius 2 is 2.21 bits per heavy atom. The summed E-state index contributed by atoms with van der Waals surface area (Å²) in [7, 11) is 0. The molecule has 1 aromatic rings. The van der Waals surface area contributed by atoms with Crippen LogP contribution in [0.2, 0.25) is 0 Å². The lowest BCUT2D eigenvalue weighted by atomic mass is 10.1. The van der Waals surface area contributed by atoms with Gasteiger partial charge in [0.05, 0.1) is 6.61 Å². The van der Waals surface area contributed by atoms with E-state index in [0.717, 1.165) is 35.7 Å². The van der Waals surface area contributed by atoms with Gasteiger partial charge in [-0.05, 0) is 49.8 Å². The molecule has 106 valence electrons. The molecule has 0 heterocycles. The molecule has 0 amide bonds. The fourth-order valence-electron chi connectivity index (χ4n) is 2.69. The van der Waals surface area contributed by atoms with Crippen LogP contribution < -0.4 is 10.1 Å². The minimum absolute atomic E-state index is 0.674. The van der Waals surface area contributed by atoms with E-state index in [1.165, 1.54) is 24.8 Å². The maximum atomic E-state index is 5.82. The Hall–Kier alpha value is -0.540. The maximum Gasteiger partial charge on any atom is 0.123 e. The standard InChI is InChI=1S/C16H24BrNO/c1-3-8-19-16-7-5-14(17)10-13(16)11-18-15-6-4-12(2)9-15/h5,7,10,12,15,18H,3-4,6,8-9,11H2,1-2H3. The van der Waals surface area contributed by atoms with E-state index < -0.39 is 0 Å². The van der Waals surface area contributed by atoms with Gasteiger partial charge >= 0.3 is 0 Å². The van der Waals surface area contributed by atoms with Crippen molar-refractivity contribution in [2.75, 3.05) is 6.61 Å². The molecule has 1 N–H and O–H groups in total. The van der Waals surface area contributed by atoms with E-state index in [1.54, 1.807) is 0 Å². The van der Waals surface area contributed by atoms with Crippen LogP contribution in [0.25, 0.3) is 0 Å². The summed E-state index contributed by atoms with van der Waals surface area (Å²) in [5.74, 6) is 1.89. The molecule has 2 atom stereocenters. The zero-order chi connectivity index (χ0) is 13.7. The largest absolute Gasteiger partial charge is 0.493 e. The van der Waals surface area contributed by atoms with Crippen LogP contribution in [-0.4, -0.2) is 12.6 Å². The van der Waals surface area contributed by atoms with E-state index in [2.05, 4.69) is 47.2 Å². The molecule has 0 spiro atoms. The quantitative estimate of drug-likeness (QED) is 0.830. The highest BCUT2D eigenvalue weighted by atomic mass is 79.9. The average Bonchev–Trinajstić information content (AvgIpc) is 2.81. The molecule has 1 aromatic carbocycles. The summed E-state index contributed by atoms with van der Waals surface area (Å²) in [6.07, 6.45) is 5.01. The third-order valence-corrected chi connectivity index (χ3v) is 4.25. The molecule has 1 aliphatic rings. The van der Waals surface area contributed by atoms with Gasteiger partial charge in [-0.1, -0.05) is 29.8 Å². The van der Waals surface area contributed by atoms with Crippen LogP contribution in [0.15, 0.2) is 22.7 Å². The Balaban J connectivity index is 1.95. The highest BCUT2D eigenvalue weighted by Gasteiger charge is 2.20. The summed E-state index contributed by atoms with van der Waals surface area (Å²) >= 11 is 3.54. The number of ether oxygens (including phenoxy) is 1. The van der Waals surface area contributed by atoms with Crippen molar-refractivity contribution in [3.63, 3.8) is 0 Å². The minimum atomic E-state index is 0.674. The van der Waals surface area contributed by atoms with Gasteiger partial charge in [0.25, 0.3) is 0 Å². The molecule has 0 aromatic heterocycles. The van der Waals surface area contributed by atoms with Crippen LogP contribution in [0.3, 0.4) is 0 Å². The van der Waals surface area contributed by atoms with E-state index >= 15 is 0 Å². The molecule has 0 saturated heterocycles. The van der Waals surface area contributed by atoms with Crippen molar-refractivity contribution in [2.45, 2.75) is 52.1 Å². The van der Waals surface area contributed by atoms with Gasteiger partial charge < -0.3 is 10.1 Å². The molecule has 2 unspecified atom stereocenters. The monoisotopic (exact) mass is 325 g/mol. The zero-order valence-electron chi connectivity index (χ0n) is 11.9. The Kier molecular flexibility index (Phi) is 5.71. The Bertz CT molecular complexity index is 408. The predicted molar refractivity (Wildman–Crippen MR) is 83.6 cm³/mol. The summed E-state index contributed by atoms with van der Waals surface area (Å²) in [6.45, 7) is 6.16. The lowest BCUT2D eigenvalue weighted by molar-refractivity contribution is 0.312. The lowest BCUT2D eigenvalue weighted by Crippen LogP contribution is -2.26. The molecular formula is C16H24BrNO. The van der Waals surface area contributed by atoms with Gasteiger partial charge in [0.15, 0.2) is 0 Å². The van der Waals surface area contributed by atoms with Crippen molar-refractivity contribution in [3.8, 4) is 5.75 Å². The topological polar surface area (TPSA) is 21.3 Å². The van der Waals surface area contributed by atoms with Gasteiger partial charge in [0.2, 0.25) is 0 Å².